The van der Waals surface area contributed by atoms with E-state index in [1.165, 1.54) is 12.8 Å². The molecule has 1 aliphatic carbocycles. The number of hydrogen-bond donors (Lipinski definition) is 0. The van der Waals surface area contributed by atoms with Crippen LogP contribution in [0.15, 0.2) is 48.1 Å². The fraction of sp³-hybridized carbons (Fsp3) is 0.421. The van der Waals surface area contributed by atoms with Crippen molar-refractivity contribution < 1.29 is 2.74 Å². The first-order valence-electron chi connectivity index (χ1n) is 9.23. The standard InChI is InChI=1S/C19H22ClN3/c20-16-9-7-15(8-10-16)13-23-18-6-2-1-5-17(18)21-19(23)14-22-11-3-4-12-22/h1-2,5-9,16H,3-4,10-14H2/i10D2. The number of aromatic nitrogens is 2. The Morgan fingerprint density at radius 3 is 2.87 bits per heavy atom. The van der Waals surface area contributed by atoms with Gasteiger partial charge in [-0.15, -0.1) is 11.6 Å². The van der Waals surface area contributed by atoms with Crippen molar-refractivity contribution in [2.45, 2.75) is 37.7 Å². The van der Waals surface area contributed by atoms with Crippen LogP contribution in [0.3, 0.4) is 0 Å². The van der Waals surface area contributed by atoms with Crippen molar-refractivity contribution >= 4 is 22.6 Å². The van der Waals surface area contributed by atoms with Crippen molar-refractivity contribution in [1.29, 1.82) is 0 Å². The van der Waals surface area contributed by atoms with Gasteiger partial charge in [0, 0.05) is 9.29 Å². The molecule has 2 aromatic rings. The molecular weight excluding hydrogens is 306 g/mol. The van der Waals surface area contributed by atoms with Crippen molar-refractivity contribution in [2.24, 2.45) is 0 Å². The van der Waals surface area contributed by atoms with Gasteiger partial charge in [0.1, 0.15) is 5.82 Å². The predicted octanol–water partition coefficient (Wildman–Crippen LogP) is 4.13. The lowest BCUT2D eigenvalue weighted by atomic mass is 10.1. The number of rotatable bonds is 4. The van der Waals surface area contributed by atoms with Crippen LogP contribution in [0.1, 0.15) is 27.8 Å². The van der Waals surface area contributed by atoms with Gasteiger partial charge in [0.25, 0.3) is 0 Å². The molecule has 4 rings (SSSR count). The van der Waals surface area contributed by atoms with Crippen LogP contribution in [0.2, 0.25) is 0 Å². The molecule has 120 valence electrons. The number of benzene rings is 1. The second-order valence-electron chi connectivity index (χ2n) is 6.23. The number of hydrogen-bond acceptors (Lipinski definition) is 2. The monoisotopic (exact) mass is 329 g/mol. The Bertz CT molecular complexity index is 834. The Labute approximate surface area is 145 Å². The lowest BCUT2D eigenvalue weighted by molar-refractivity contribution is 0.318. The molecule has 0 spiro atoms. The minimum atomic E-state index is -1.52. The summed E-state index contributed by atoms with van der Waals surface area (Å²) in [4.78, 5) is 7.28. The molecule has 1 aromatic heterocycles. The minimum absolute atomic E-state index is 0.611. The van der Waals surface area contributed by atoms with Crippen molar-refractivity contribution in [3.05, 3.63) is 53.9 Å². The Morgan fingerprint density at radius 2 is 2.04 bits per heavy atom. The number of fused-ring (bicyclic) bond motifs is 1. The topological polar surface area (TPSA) is 21.1 Å². The largest absolute Gasteiger partial charge is 0.322 e. The van der Waals surface area contributed by atoms with Crippen LogP contribution in [0.4, 0.5) is 0 Å². The third-order valence-corrected chi connectivity index (χ3v) is 4.82. The Hall–Kier alpha value is -1.58. The third-order valence-electron chi connectivity index (χ3n) is 4.55. The average molecular weight is 330 g/mol. The predicted molar refractivity (Wildman–Crippen MR) is 95.7 cm³/mol. The van der Waals surface area contributed by atoms with Crippen molar-refractivity contribution in [2.75, 3.05) is 13.1 Å². The molecule has 23 heavy (non-hydrogen) atoms. The van der Waals surface area contributed by atoms with E-state index in [1.54, 1.807) is 12.2 Å². The smallest absolute Gasteiger partial charge is 0.124 e. The summed E-state index contributed by atoms with van der Waals surface area (Å²) in [5, 5.41) is -0.611. The molecule has 1 atom stereocenters. The van der Waals surface area contributed by atoms with Gasteiger partial charge >= 0.3 is 0 Å². The second-order valence-corrected chi connectivity index (χ2v) is 6.70. The second kappa shape index (κ2) is 6.50. The highest BCUT2D eigenvalue weighted by Gasteiger charge is 2.18. The van der Waals surface area contributed by atoms with Crippen molar-refractivity contribution in [3.8, 4) is 0 Å². The van der Waals surface area contributed by atoms with Gasteiger partial charge in [0.05, 0.1) is 23.0 Å². The van der Waals surface area contributed by atoms with Crippen molar-refractivity contribution in [1.82, 2.24) is 14.5 Å². The number of likely N-dealkylation sites (tertiary alicyclic amines) is 1. The Kier molecular flexibility index (Phi) is 3.62. The fourth-order valence-corrected chi connectivity index (χ4v) is 3.48. The molecule has 0 amide bonds. The minimum Gasteiger partial charge on any atom is -0.322 e. The zero-order valence-corrected chi connectivity index (χ0v) is 13.8. The van der Waals surface area contributed by atoms with E-state index in [2.05, 4.69) is 15.5 Å². The van der Waals surface area contributed by atoms with Crippen LogP contribution in [-0.4, -0.2) is 32.9 Å². The number of halogens is 1. The van der Waals surface area contributed by atoms with Gasteiger partial charge in [0.2, 0.25) is 0 Å². The summed E-state index contributed by atoms with van der Waals surface area (Å²) in [6.07, 6.45) is 6.33. The van der Waals surface area contributed by atoms with Gasteiger partial charge in [-0.25, -0.2) is 4.98 Å². The summed E-state index contributed by atoms with van der Waals surface area (Å²) >= 11 is 6.06. The van der Waals surface area contributed by atoms with E-state index in [-0.39, 0.29) is 0 Å². The molecule has 2 aliphatic rings. The van der Waals surface area contributed by atoms with Gasteiger partial charge in [0.15, 0.2) is 0 Å². The molecule has 4 heteroatoms. The zero-order chi connectivity index (χ0) is 17.4. The number of imidazole rings is 1. The van der Waals surface area contributed by atoms with Crippen LogP contribution in [0.25, 0.3) is 11.0 Å². The molecule has 1 unspecified atom stereocenters. The summed E-state index contributed by atoms with van der Waals surface area (Å²) in [5.41, 5.74) is 3.03. The summed E-state index contributed by atoms with van der Waals surface area (Å²) < 4.78 is 18.3. The number of nitrogens with zero attached hydrogens (tertiary/aromatic N) is 3. The maximum Gasteiger partial charge on any atom is 0.124 e. The number of allylic oxidation sites excluding steroid dienone is 4. The normalized spacial score (nSPS) is 25.4. The molecule has 0 radical (unpaired) electrons. The van der Waals surface area contributed by atoms with Crippen LogP contribution in [0, 0.1) is 0 Å². The van der Waals surface area contributed by atoms with E-state index in [9.17, 15) is 0 Å². The van der Waals surface area contributed by atoms with Crippen LogP contribution < -0.4 is 0 Å². The van der Waals surface area contributed by atoms with E-state index in [1.807, 2.05) is 24.3 Å². The van der Waals surface area contributed by atoms with Gasteiger partial charge < -0.3 is 4.57 Å². The SMILES string of the molecule is [2H]C1([2H])C=C(Cn2c(CN3CCCC3)nc3ccccc32)C=CC1Cl. The Morgan fingerprint density at radius 1 is 1.22 bits per heavy atom. The molecule has 1 aliphatic heterocycles. The van der Waals surface area contributed by atoms with E-state index >= 15 is 0 Å². The highest BCUT2D eigenvalue weighted by atomic mass is 35.5. The molecule has 1 saturated heterocycles. The first-order valence-corrected chi connectivity index (χ1v) is 8.67. The molecule has 2 heterocycles. The molecule has 0 saturated carbocycles. The molecule has 1 aromatic carbocycles. The summed E-state index contributed by atoms with van der Waals surface area (Å²) in [6, 6.07) is 8.16. The number of alkyl halides is 1. The Balaban J connectivity index is 1.69. The van der Waals surface area contributed by atoms with Crippen LogP contribution in [0.5, 0.6) is 0 Å². The van der Waals surface area contributed by atoms with Crippen LogP contribution >= 0.6 is 11.6 Å². The summed E-state index contributed by atoms with van der Waals surface area (Å²) in [7, 11) is 0. The highest BCUT2D eigenvalue weighted by Crippen LogP contribution is 2.23. The fourth-order valence-electron chi connectivity index (χ4n) is 3.34. The molecule has 1 fully saturated rings. The molecule has 0 bridgehead atoms. The lowest BCUT2D eigenvalue weighted by Gasteiger charge is -2.17. The summed E-state index contributed by atoms with van der Waals surface area (Å²) in [6.45, 7) is 3.71. The van der Waals surface area contributed by atoms with Gasteiger partial charge in [-0.2, -0.15) is 0 Å². The van der Waals surface area contributed by atoms with Crippen molar-refractivity contribution in [3.63, 3.8) is 0 Å². The third kappa shape index (κ3) is 3.22. The molecule has 0 N–H and O–H groups in total. The first-order chi connectivity index (χ1) is 12.0. The van der Waals surface area contributed by atoms with Gasteiger partial charge in [-0.05, 0) is 50.0 Å². The van der Waals surface area contributed by atoms with E-state index in [0.717, 1.165) is 42.1 Å². The highest BCUT2D eigenvalue weighted by molar-refractivity contribution is 6.22. The quantitative estimate of drug-likeness (QED) is 0.786. The molecular formula is C19H22ClN3. The lowest BCUT2D eigenvalue weighted by Crippen LogP contribution is -2.21. The molecule has 3 nitrogen and oxygen atoms in total. The summed E-state index contributed by atoms with van der Waals surface area (Å²) in [5.74, 6) is 1.05. The van der Waals surface area contributed by atoms with Crippen LogP contribution in [-0.2, 0) is 13.1 Å². The van der Waals surface area contributed by atoms with E-state index < -0.39 is 11.8 Å². The van der Waals surface area contributed by atoms with Gasteiger partial charge in [-0.3, -0.25) is 4.90 Å². The van der Waals surface area contributed by atoms with Gasteiger partial charge in [-0.1, -0.05) is 30.4 Å². The van der Waals surface area contributed by atoms with E-state index in [4.69, 9.17) is 19.3 Å². The number of para-hydroxylation sites is 2. The average Bonchev–Trinajstić information content (AvgIpc) is 3.20. The van der Waals surface area contributed by atoms with E-state index in [0.29, 0.717) is 6.54 Å². The zero-order valence-electron chi connectivity index (χ0n) is 15.1. The first kappa shape index (κ1) is 12.8. The maximum atomic E-state index is 8.06. The maximum absolute atomic E-state index is 8.06.